The van der Waals surface area contributed by atoms with Crippen LogP contribution in [-0.4, -0.2) is 21.8 Å². The third kappa shape index (κ3) is 4.06. The Hall–Kier alpha value is -2.35. The van der Waals surface area contributed by atoms with Crippen molar-refractivity contribution >= 4 is 22.2 Å². The number of carbonyl (C=O) groups excluding carboxylic acids is 1. The molecule has 1 saturated carbocycles. The van der Waals surface area contributed by atoms with Gasteiger partial charge in [-0.15, -0.1) is 0 Å². The Bertz CT molecular complexity index is 937. The first kappa shape index (κ1) is 19.0. The molecule has 4 nitrogen and oxygen atoms in total. The first-order valence-corrected chi connectivity index (χ1v) is 10.2. The lowest BCUT2D eigenvalue weighted by Crippen LogP contribution is -2.30. The predicted octanol–water partition coefficient (Wildman–Crippen LogP) is 5.39. The van der Waals surface area contributed by atoms with E-state index in [9.17, 15) is 18.0 Å². The number of nitrogens with zero attached hydrogens (tertiary/aromatic N) is 2. The SMILES string of the molecule is O=C(NCC1CCCCC1)c1cn2cc(-c3ccc(C(F)(F)F)cc3)sc2n1. The Balaban J connectivity index is 1.45. The van der Waals surface area contributed by atoms with Crippen molar-refractivity contribution in [3.8, 4) is 10.4 Å². The fourth-order valence-electron chi connectivity index (χ4n) is 3.58. The maximum atomic E-state index is 12.7. The molecule has 1 fully saturated rings. The highest BCUT2D eigenvalue weighted by atomic mass is 32.1. The van der Waals surface area contributed by atoms with Crippen LogP contribution in [0.25, 0.3) is 15.4 Å². The number of fused-ring (bicyclic) bond motifs is 1. The van der Waals surface area contributed by atoms with E-state index in [4.69, 9.17) is 0 Å². The van der Waals surface area contributed by atoms with Crippen LogP contribution in [0.1, 0.15) is 48.2 Å². The molecule has 3 aromatic rings. The lowest BCUT2D eigenvalue weighted by Gasteiger charge is -2.21. The molecule has 1 N–H and O–H groups in total. The average Bonchev–Trinajstić information content (AvgIpc) is 3.26. The third-order valence-corrected chi connectivity index (χ3v) is 6.21. The molecule has 0 saturated heterocycles. The Morgan fingerprint density at radius 1 is 1.14 bits per heavy atom. The quantitative estimate of drug-likeness (QED) is 0.630. The van der Waals surface area contributed by atoms with Gasteiger partial charge in [0.05, 0.1) is 10.4 Å². The molecule has 4 rings (SSSR count). The van der Waals surface area contributed by atoms with Crippen molar-refractivity contribution in [2.24, 2.45) is 5.92 Å². The molecule has 148 valence electrons. The zero-order valence-corrected chi connectivity index (χ0v) is 15.9. The fourth-order valence-corrected chi connectivity index (χ4v) is 4.55. The summed E-state index contributed by atoms with van der Waals surface area (Å²) in [6.45, 7) is 0.681. The second-order valence-electron chi connectivity index (χ2n) is 7.20. The number of rotatable bonds is 4. The summed E-state index contributed by atoms with van der Waals surface area (Å²) in [6.07, 6.45) is 5.17. The van der Waals surface area contributed by atoms with Crippen LogP contribution in [0, 0.1) is 5.92 Å². The molecule has 0 atom stereocenters. The average molecular weight is 407 g/mol. The molecule has 8 heteroatoms. The summed E-state index contributed by atoms with van der Waals surface area (Å²) < 4.78 is 39.8. The Morgan fingerprint density at radius 3 is 2.50 bits per heavy atom. The molecule has 0 radical (unpaired) electrons. The van der Waals surface area contributed by atoms with Crippen LogP contribution in [0.2, 0.25) is 0 Å². The molecule has 1 aliphatic carbocycles. The van der Waals surface area contributed by atoms with Gasteiger partial charge < -0.3 is 5.32 Å². The highest BCUT2D eigenvalue weighted by Crippen LogP contribution is 2.33. The summed E-state index contributed by atoms with van der Waals surface area (Å²) in [7, 11) is 0. The van der Waals surface area contributed by atoms with Crippen molar-refractivity contribution in [2.45, 2.75) is 38.3 Å². The minimum atomic E-state index is -4.34. The first-order valence-electron chi connectivity index (χ1n) is 9.34. The van der Waals surface area contributed by atoms with Gasteiger partial charge in [-0.1, -0.05) is 42.7 Å². The van der Waals surface area contributed by atoms with Gasteiger partial charge in [-0.05, 0) is 36.5 Å². The molecule has 0 aliphatic heterocycles. The van der Waals surface area contributed by atoms with Gasteiger partial charge >= 0.3 is 6.18 Å². The Kier molecular flexibility index (Phi) is 5.14. The molecular formula is C20H20F3N3OS. The third-order valence-electron chi connectivity index (χ3n) is 5.16. The number of alkyl halides is 3. The van der Waals surface area contributed by atoms with Gasteiger partial charge in [-0.3, -0.25) is 9.20 Å². The van der Waals surface area contributed by atoms with Gasteiger partial charge in [0.25, 0.3) is 5.91 Å². The topological polar surface area (TPSA) is 46.4 Å². The van der Waals surface area contributed by atoms with Crippen molar-refractivity contribution in [1.29, 1.82) is 0 Å². The fraction of sp³-hybridized carbons (Fsp3) is 0.400. The molecular weight excluding hydrogens is 387 g/mol. The predicted molar refractivity (Wildman–Crippen MR) is 102 cm³/mol. The summed E-state index contributed by atoms with van der Waals surface area (Å²) in [5.74, 6) is 0.366. The summed E-state index contributed by atoms with van der Waals surface area (Å²) in [4.78, 5) is 18.2. The van der Waals surface area contributed by atoms with E-state index < -0.39 is 11.7 Å². The number of carbonyl (C=O) groups is 1. The summed E-state index contributed by atoms with van der Waals surface area (Å²) in [5.41, 5.74) is 0.377. The van der Waals surface area contributed by atoms with Crippen molar-refractivity contribution in [2.75, 3.05) is 6.54 Å². The maximum Gasteiger partial charge on any atom is 0.416 e. The van der Waals surface area contributed by atoms with E-state index in [0.29, 0.717) is 28.7 Å². The van der Waals surface area contributed by atoms with E-state index in [-0.39, 0.29) is 5.91 Å². The largest absolute Gasteiger partial charge is 0.416 e. The summed E-state index contributed by atoms with van der Waals surface area (Å²) in [6, 6.07) is 5.04. The standard InChI is InChI=1S/C20H20F3N3OS/c21-20(22,23)15-8-6-14(7-9-15)17-12-26-11-16(25-19(26)28-17)18(27)24-10-13-4-2-1-3-5-13/h6-9,11-13H,1-5,10H2,(H,24,27). The lowest BCUT2D eigenvalue weighted by atomic mass is 9.89. The Labute approximate surface area is 164 Å². The van der Waals surface area contributed by atoms with Gasteiger partial charge in [-0.2, -0.15) is 13.2 Å². The highest BCUT2D eigenvalue weighted by molar-refractivity contribution is 7.20. The number of aromatic nitrogens is 2. The van der Waals surface area contributed by atoms with E-state index in [2.05, 4.69) is 10.3 Å². The molecule has 28 heavy (non-hydrogen) atoms. The van der Waals surface area contributed by atoms with Crippen LogP contribution in [0.3, 0.4) is 0 Å². The second kappa shape index (κ2) is 7.58. The number of nitrogens with one attached hydrogen (secondary N) is 1. The van der Waals surface area contributed by atoms with Gasteiger partial charge in [0, 0.05) is 18.9 Å². The number of benzene rings is 1. The van der Waals surface area contributed by atoms with Crippen LogP contribution >= 0.6 is 11.3 Å². The highest BCUT2D eigenvalue weighted by Gasteiger charge is 2.30. The van der Waals surface area contributed by atoms with Crippen LogP contribution in [0.15, 0.2) is 36.7 Å². The smallest absolute Gasteiger partial charge is 0.350 e. The van der Waals surface area contributed by atoms with E-state index in [1.807, 2.05) is 0 Å². The number of imidazole rings is 1. The van der Waals surface area contributed by atoms with Crippen LogP contribution in [0.4, 0.5) is 13.2 Å². The van der Waals surface area contributed by atoms with Crippen molar-refractivity contribution < 1.29 is 18.0 Å². The van der Waals surface area contributed by atoms with Crippen LogP contribution in [0.5, 0.6) is 0 Å². The molecule has 0 spiro atoms. The van der Waals surface area contributed by atoms with Crippen molar-refractivity contribution in [3.05, 3.63) is 47.9 Å². The first-order chi connectivity index (χ1) is 13.4. The van der Waals surface area contributed by atoms with E-state index in [1.165, 1.54) is 42.7 Å². The normalized spacial score (nSPS) is 15.8. The second-order valence-corrected chi connectivity index (χ2v) is 8.21. The van der Waals surface area contributed by atoms with Gasteiger partial charge in [0.1, 0.15) is 5.69 Å². The number of halogens is 3. The number of amides is 1. The minimum Gasteiger partial charge on any atom is -0.350 e. The molecule has 1 aromatic carbocycles. The van der Waals surface area contributed by atoms with E-state index in [0.717, 1.165) is 29.9 Å². The number of hydrogen-bond donors (Lipinski definition) is 1. The zero-order chi connectivity index (χ0) is 19.7. The van der Waals surface area contributed by atoms with Crippen molar-refractivity contribution in [1.82, 2.24) is 14.7 Å². The molecule has 1 aliphatic rings. The van der Waals surface area contributed by atoms with Crippen LogP contribution in [-0.2, 0) is 6.18 Å². The monoisotopic (exact) mass is 407 g/mol. The molecule has 0 bridgehead atoms. The maximum absolute atomic E-state index is 12.7. The molecule has 0 unspecified atom stereocenters. The summed E-state index contributed by atoms with van der Waals surface area (Å²) in [5, 5.41) is 2.97. The lowest BCUT2D eigenvalue weighted by molar-refractivity contribution is -0.137. The van der Waals surface area contributed by atoms with Gasteiger partial charge in [0.2, 0.25) is 0 Å². The number of thiazole rings is 1. The molecule has 2 heterocycles. The Morgan fingerprint density at radius 2 is 1.86 bits per heavy atom. The van der Waals surface area contributed by atoms with E-state index >= 15 is 0 Å². The van der Waals surface area contributed by atoms with Crippen LogP contribution < -0.4 is 5.32 Å². The van der Waals surface area contributed by atoms with Gasteiger partial charge in [-0.25, -0.2) is 4.98 Å². The van der Waals surface area contributed by atoms with Crippen molar-refractivity contribution in [3.63, 3.8) is 0 Å². The summed E-state index contributed by atoms with van der Waals surface area (Å²) >= 11 is 1.34. The van der Waals surface area contributed by atoms with E-state index in [1.54, 1.807) is 16.8 Å². The van der Waals surface area contributed by atoms with Gasteiger partial charge in [0.15, 0.2) is 4.96 Å². The zero-order valence-electron chi connectivity index (χ0n) is 15.1. The number of hydrogen-bond acceptors (Lipinski definition) is 3. The molecule has 1 amide bonds. The molecule has 2 aromatic heterocycles. The minimum absolute atomic E-state index is 0.183.